The van der Waals surface area contributed by atoms with Gasteiger partial charge in [-0.2, -0.15) is 11.8 Å². The largest absolute Gasteiger partial charge is 0.390 e. The van der Waals surface area contributed by atoms with Crippen molar-refractivity contribution in [3.8, 4) is 0 Å². The summed E-state index contributed by atoms with van der Waals surface area (Å²) >= 11 is 1.86. The smallest absolute Gasteiger partial charge is 0.0678 e. The third-order valence-corrected chi connectivity index (χ3v) is 10.5. The fourth-order valence-corrected chi connectivity index (χ4v) is 6.83. The predicted molar refractivity (Wildman–Crippen MR) is 135 cm³/mol. The first-order valence-electron chi connectivity index (χ1n) is 12.6. The Morgan fingerprint density at radius 3 is 1.10 bits per heavy atom. The Morgan fingerprint density at radius 1 is 0.700 bits per heavy atom. The lowest BCUT2D eigenvalue weighted by Crippen LogP contribution is -2.63. The van der Waals surface area contributed by atoms with Crippen molar-refractivity contribution in [2.24, 2.45) is 46.3 Å². The fourth-order valence-electron chi connectivity index (χ4n) is 6.83. The lowest BCUT2D eigenvalue weighted by molar-refractivity contribution is -0.220. The second-order valence-corrected chi connectivity index (χ2v) is 13.1. The van der Waals surface area contributed by atoms with E-state index in [1.165, 1.54) is 31.4 Å². The van der Waals surface area contributed by atoms with E-state index in [0.29, 0.717) is 34.5 Å². The van der Waals surface area contributed by atoms with Crippen LogP contribution in [0.3, 0.4) is 0 Å². The van der Waals surface area contributed by atoms with E-state index in [1.807, 2.05) is 39.5 Å². The van der Waals surface area contributed by atoms with Crippen molar-refractivity contribution in [3.05, 3.63) is 0 Å². The minimum Gasteiger partial charge on any atom is -0.390 e. The van der Waals surface area contributed by atoms with Crippen LogP contribution < -0.4 is 0 Å². The molecule has 0 aromatic heterocycles. The molecule has 6 fully saturated rings. The average Bonchev–Trinajstić information content (AvgIpc) is 2.67. The van der Waals surface area contributed by atoms with Crippen LogP contribution in [0.4, 0.5) is 0 Å². The molecule has 30 heavy (non-hydrogen) atoms. The summed E-state index contributed by atoms with van der Waals surface area (Å²) in [7, 11) is 0. The molecule has 6 saturated carbocycles. The Balaban J connectivity index is 0.000000239. The number of hydrogen-bond acceptors (Lipinski definition) is 3. The van der Waals surface area contributed by atoms with Crippen LogP contribution in [0.25, 0.3) is 0 Å². The summed E-state index contributed by atoms with van der Waals surface area (Å²) in [4.78, 5) is 0. The average molecular weight is 443 g/mol. The first-order chi connectivity index (χ1) is 13.6. The van der Waals surface area contributed by atoms with Crippen molar-refractivity contribution in [3.63, 3.8) is 0 Å². The third-order valence-electron chi connectivity index (χ3n) is 9.91. The van der Waals surface area contributed by atoms with Crippen molar-refractivity contribution in [1.29, 1.82) is 0 Å². The number of rotatable bonds is 1. The van der Waals surface area contributed by atoms with Gasteiger partial charge in [-0.25, -0.2) is 0 Å². The van der Waals surface area contributed by atoms with Gasteiger partial charge in [-0.3, -0.25) is 0 Å². The van der Waals surface area contributed by atoms with Crippen LogP contribution in [0, 0.1) is 46.3 Å². The maximum Gasteiger partial charge on any atom is 0.0678 e. The molecule has 0 radical (unpaired) electrons. The van der Waals surface area contributed by atoms with Gasteiger partial charge in [0, 0.05) is 0 Å². The zero-order valence-corrected chi connectivity index (χ0v) is 23.1. The molecule has 0 aromatic carbocycles. The Labute approximate surface area is 193 Å². The van der Waals surface area contributed by atoms with Gasteiger partial charge in [0.2, 0.25) is 0 Å². The summed E-state index contributed by atoms with van der Waals surface area (Å²) in [6, 6.07) is 0. The van der Waals surface area contributed by atoms with E-state index in [9.17, 15) is 10.2 Å². The first-order valence-corrected chi connectivity index (χ1v) is 14.0. The second kappa shape index (κ2) is 10.0. The highest BCUT2D eigenvalue weighted by molar-refractivity contribution is 7.98. The highest BCUT2D eigenvalue weighted by Crippen LogP contribution is 2.65. The van der Waals surface area contributed by atoms with E-state index in [1.54, 1.807) is 0 Å². The predicted octanol–water partition coefficient (Wildman–Crippen LogP) is 7.27. The molecule has 2 nitrogen and oxygen atoms in total. The molecule has 0 aromatic rings. The van der Waals surface area contributed by atoms with E-state index in [-0.39, 0.29) is 0 Å². The van der Waals surface area contributed by atoms with Crippen LogP contribution in [0.2, 0.25) is 0 Å². The van der Waals surface area contributed by atoms with Crippen LogP contribution in [-0.4, -0.2) is 33.4 Å². The number of hydrogen-bond donors (Lipinski definition) is 2. The standard InChI is InChI=1S/2C11H20O.C3H8S.C2H6/c2*1-7-5-8-6-9(10(8,2)3)11(7,4)12;1-3-4-2;1-2/h2*7-9,12H,5-6H2,1-4H3;3H2,1-2H3;1-2H3/t2*7?,8?,9?,11-;;/m00../s1. The van der Waals surface area contributed by atoms with Crippen LogP contribution in [0.15, 0.2) is 0 Å². The molecule has 0 heterocycles. The maximum absolute atomic E-state index is 10.3. The summed E-state index contributed by atoms with van der Waals surface area (Å²) in [6.07, 6.45) is 7.04. The van der Waals surface area contributed by atoms with Crippen molar-refractivity contribution < 1.29 is 10.2 Å². The van der Waals surface area contributed by atoms with Crippen molar-refractivity contribution in [2.75, 3.05) is 12.0 Å². The molecule has 0 amide bonds. The van der Waals surface area contributed by atoms with Crippen molar-refractivity contribution in [2.45, 2.75) is 113 Å². The second-order valence-electron chi connectivity index (χ2n) is 11.9. The molecule has 0 saturated heterocycles. The lowest BCUT2D eigenvalue weighted by atomic mass is 9.42. The summed E-state index contributed by atoms with van der Waals surface area (Å²) in [5.74, 6) is 5.05. The van der Waals surface area contributed by atoms with Crippen molar-refractivity contribution in [1.82, 2.24) is 0 Å². The topological polar surface area (TPSA) is 40.5 Å². The molecule has 0 aliphatic heterocycles. The molecule has 6 unspecified atom stereocenters. The Morgan fingerprint density at radius 2 is 0.967 bits per heavy atom. The summed E-state index contributed by atoms with van der Waals surface area (Å²) < 4.78 is 0. The molecule has 180 valence electrons. The van der Waals surface area contributed by atoms with E-state index in [0.717, 1.165) is 11.8 Å². The van der Waals surface area contributed by atoms with Gasteiger partial charge in [0.05, 0.1) is 11.2 Å². The summed E-state index contributed by atoms with van der Waals surface area (Å²) in [5.41, 5.74) is -0.0114. The fraction of sp³-hybridized carbons (Fsp3) is 1.00. The van der Waals surface area contributed by atoms with Gasteiger partial charge in [-0.05, 0) is 97.9 Å². The van der Waals surface area contributed by atoms with Crippen LogP contribution >= 0.6 is 11.8 Å². The molecule has 4 bridgehead atoms. The molecule has 6 aliphatic rings. The highest BCUT2D eigenvalue weighted by atomic mass is 32.2. The minimum absolute atomic E-state index is 0.399. The summed E-state index contributed by atoms with van der Waals surface area (Å²) in [5, 5.41) is 20.6. The van der Waals surface area contributed by atoms with Gasteiger partial charge < -0.3 is 10.2 Å². The Hall–Kier alpha value is 0.270. The zero-order valence-electron chi connectivity index (χ0n) is 22.3. The quantitative estimate of drug-likeness (QED) is 0.448. The van der Waals surface area contributed by atoms with E-state index < -0.39 is 11.2 Å². The molecule has 6 rings (SSSR count). The molecular formula is C27H54O2S. The van der Waals surface area contributed by atoms with Gasteiger partial charge in [-0.15, -0.1) is 0 Å². The molecule has 6 aliphatic carbocycles. The first kappa shape index (κ1) is 28.3. The lowest BCUT2D eigenvalue weighted by Gasteiger charge is -2.65. The van der Waals surface area contributed by atoms with Gasteiger partial charge in [0.25, 0.3) is 0 Å². The number of aliphatic hydroxyl groups is 2. The molecule has 2 N–H and O–H groups in total. The van der Waals surface area contributed by atoms with Crippen LogP contribution in [0.5, 0.6) is 0 Å². The van der Waals surface area contributed by atoms with Gasteiger partial charge in [0.15, 0.2) is 0 Å². The number of thioether (sulfide) groups is 1. The van der Waals surface area contributed by atoms with E-state index in [2.05, 4.69) is 54.7 Å². The third kappa shape index (κ3) is 4.93. The van der Waals surface area contributed by atoms with Crippen LogP contribution in [-0.2, 0) is 0 Å². The number of fused-ring (bicyclic) bond motifs is 4. The zero-order chi connectivity index (χ0) is 23.7. The Bertz CT molecular complexity index is 489. The van der Waals surface area contributed by atoms with Gasteiger partial charge in [0.1, 0.15) is 0 Å². The molecule has 8 atom stereocenters. The van der Waals surface area contributed by atoms with E-state index >= 15 is 0 Å². The molecule has 3 heteroatoms. The SMILES string of the molecule is CC.CC1CC2CC(C2(C)C)[C@@]1(C)O.CC1CC2CC(C2(C)C)[C@@]1(C)O.CCSC. The van der Waals surface area contributed by atoms with Gasteiger partial charge >= 0.3 is 0 Å². The highest BCUT2D eigenvalue weighted by Gasteiger charge is 2.62. The normalized spacial score (nSPS) is 46.2. The molecule has 0 spiro atoms. The molecular weight excluding hydrogens is 388 g/mol. The van der Waals surface area contributed by atoms with Gasteiger partial charge in [-0.1, -0.05) is 62.3 Å². The Kier molecular flexibility index (Phi) is 9.47. The summed E-state index contributed by atoms with van der Waals surface area (Å²) in [6.45, 7) is 23.8. The van der Waals surface area contributed by atoms with Crippen molar-refractivity contribution >= 4 is 11.8 Å². The van der Waals surface area contributed by atoms with E-state index in [4.69, 9.17) is 0 Å². The monoisotopic (exact) mass is 442 g/mol. The minimum atomic E-state index is -0.405. The van der Waals surface area contributed by atoms with Crippen LogP contribution in [0.1, 0.15) is 102 Å². The maximum atomic E-state index is 10.3.